The van der Waals surface area contributed by atoms with E-state index in [-0.39, 0.29) is 17.9 Å². The second kappa shape index (κ2) is 6.50. The zero-order valence-electron chi connectivity index (χ0n) is 10.9. The van der Waals surface area contributed by atoms with Gasteiger partial charge in [-0.15, -0.1) is 0 Å². The van der Waals surface area contributed by atoms with Crippen molar-refractivity contribution in [1.82, 2.24) is 5.32 Å². The molecular formula is C14H20FNO2. The molecule has 2 N–H and O–H groups in total. The summed E-state index contributed by atoms with van der Waals surface area (Å²) in [5, 5.41) is 11.6. The largest absolute Gasteiger partial charge is 0.396 e. The minimum absolute atomic E-state index is 0.0777. The summed E-state index contributed by atoms with van der Waals surface area (Å²) in [7, 11) is 0. The van der Waals surface area contributed by atoms with Crippen LogP contribution in [0, 0.1) is 11.2 Å². The third-order valence-corrected chi connectivity index (χ3v) is 2.83. The molecule has 0 aliphatic carbocycles. The number of carbonyl (C=O) groups excluding carboxylic acids is 1. The van der Waals surface area contributed by atoms with Crippen molar-refractivity contribution in [2.75, 3.05) is 13.2 Å². The monoisotopic (exact) mass is 253 g/mol. The molecule has 1 aromatic rings. The first-order valence-electron chi connectivity index (χ1n) is 6.09. The summed E-state index contributed by atoms with van der Waals surface area (Å²) in [5.41, 5.74) is 0.249. The summed E-state index contributed by atoms with van der Waals surface area (Å²) < 4.78 is 13.0. The van der Waals surface area contributed by atoms with Gasteiger partial charge in [0, 0.05) is 18.7 Å². The van der Waals surface area contributed by atoms with Gasteiger partial charge in [0.1, 0.15) is 5.82 Å². The Labute approximate surface area is 107 Å². The van der Waals surface area contributed by atoms with Crippen LogP contribution < -0.4 is 5.32 Å². The van der Waals surface area contributed by atoms with Gasteiger partial charge >= 0.3 is 0 Å². The molecule has 0 aliphatic heterocycles. The van der Waals surface area contributed by atoms with E-state index in [1.807, 2.05) is 13.8 Å². The number of nitrogens with one attached hydrogen (secondary N) is 1. The van der Waals surface area contributed by atoms with Crippen LogP contribution in [-0.4, -0.2) is 24.2 Å². The van der Waals surface area contributed by atoms with Crippen molar-refractivity contribution in [3.05, 3.63) is 35.6 Å². The molecule has 1 aromatic carbocycles. The number of amides is 1. The molecule has 100 valence electrons. The van der Waals surface area contributed by atoms with Gasteiger partial charge in [0.15, 0.2) is 0 Å². The Bertz CT molecular complexity index is 405. The van der Waals surface area contributed by atoms with E-state index in [1.165, 1.54) is 18.2 Å². The van der Waals surface area contributed by atoms with Gasteiger partial charge in [0.05, 0.1) is 0 Å². The maximum absolute atomic E-state index is 13.0. The van der Waals surface area contributed by atoms with Gasteiger partial charge in [-0.3, -0.25) is 4.79 Å². The average molecular weight is 253 g/mol. The maximum Gasteiger partial charge on any atom is 0.251 e. The fraction of sp³-hybridized carbons (Fsp3) is 0.500. The third-order valence-electron chi connectivity index (χ3n) is 2.83. The Morgan fingerprint density at radius 1 is 1.44 bits per heavy atom. The van der Waals surface area contributed by atoms with Crippen LogP contribution in [0.2, 0.25) is 0 Å². The molecular weight excluding hydrogens is 233 g/mol. The highest BCUT2D eigenvalue weighted by atomic mass is 19.1. The summed E-state index contributed by atoms with van der Waals surface area (Å²) >= 11 is 0. The van der Waals surface area contributed by atoms with Crippen LogP contribution in [0.15, 0.2) is 24.3 Å². The highest BCUT2D eigenvalue weighted by molar-refractivity contribution is 5.94. The minimum atomic E-state index is -0.415. The Morgan fingerprint density at radius 3 is 2.78 bits per heavy atom. The third kappa shape index (κ3) is 4.84. The van der Waals surface area contributed by atoms with Gasteiger partial charge in [0.25, 0.3) is 5.91 Å². The molecule has 1 rings (SSSR count). The van der Waals surface area contributed by atoms with Gasteiger partial charge in [0.2, 0.25) is 0 Å². The lowest BCUT2D eigenvalue weighted by atomic mass is 9.88. The maximum atomic E-state index is 13.0. The zero-order chi connectivity index (χ0) is 13.6. The molecule has 0 radical (unpaired) electrons. The summed E-state index contributed by atoms with van der Waals surface area (Å²) in [6.45, 7) is 4.70. The number of hydrogen-bond donors (Lipinski definition) is 2. The average Bonchev–Trinajstić information content (AvgIpc) is 2.34. The molecule has 0 aromatic heterocycles. The summed E-state index contributed by atoms with van der Waals surface area (Å²) in [6.07, 6.45) is 1.54. The Morgan fingerprint density at radius 2 is 2.17 bits per heavy atom. The lowest BCUT2D eigenvalue weighted by Gasteiger charge is -2.24. The molecule has 1 amide bonds. The first kappa shape index (κ1) is 14.6. The first-order valence-corrected chi connectivity index (χ1v) is 6.09. The fourth-order valence-electron chi connectivity index (χ4n) is 1.70. The Balaban J connectivity index is 2.50. The quantitative estimate of drug-likeness (QED) is 0.817. The topological polar surface area (TPSA) is 49.3 Å². The number of aliphatic hydroxyl groups excluding tert-OH is 1. The fourth-order valence-corrected chi connectivity index (χ4v) is 1.70. The van der Waals surface area contributed by atoms with Crippen LogP contribution in [0.4, 0.5) is 4.39 Å². The van der Waals surface area contributed by atoms with Crippen molar-refractivity contribution >= 4 is 5.91 Å². The molecule has 3 nitrogen and oxygen atoms in total. The van der Waals surface area contributed by atoms with Crippen molar-refractivity contribution in [3.8, 4) is 0 Å². The van der Waals surface area contributed by atoms with E-state index in [0.29, 0.717) is 18.5 Å². The van der Waals surface area contributed by atoms with Crippen molar-refractivity contribution < 1.29 is 14.3 Å². The van der Waals surface area contributed by atoms with Crippen LogP contribution in [0.5, 0.6) is 0 Å². The van der Waals surface area contributed by atoms with E-state index in [1.54, 1.807) is 6.07 Å². The highest BCUT2D eigenvalue weighted by Gasteiger charge is 2.18. The molecule has 0 atom stereocenters. The SMILES string of the molecule is CC(C)(CCCO)CNC(=O)c1cccc(F)c1. The number of carbonyl (C=O) groups is 1. The van der Waals surface area contributed by atoms with Crippen molar-refractivity contribution in [2.45, 2.75) is 26.7 Å². The number of halogens is 1. The highest BCUT2D eigenvalue weighted by Crippen LogP contribution is 2.20. The van der Waals surface area contributed by atoms with Crippen LogP contribution in [0.3, 0.4) is 0 Å². The molecule has 0 saturated heterocycles. The van der Waals surface area contributed by atoms with Gasteiger partial charge in [-0.1, -0.05) is 19.9 Å². The van der Waals surface area contributed by atoms with E-state index in [2.05, 4.69) is 5.32 Å². The van der Waals surface area contributed by atoms with Gasteiger partial charge in [-0.25, -0.2) is 4.39 Å². The molecule has 0 bridgehead atoms. The van der Waals surface area contributed by atoms with E-state index < -0.39 is 5.82 Å². The van der Waals surface area contributed by atoms with Crippen LogP contribution in [-0.2, 0) is 0 Å². The molecule has 0 heterocycles. The van der Waals surface area contributed by atoms with Crippen LogP contribution in [0.1, 0.15) is 37.0 Å². The Kier molecular flexibility index (Phi) is 5.28. The van der Waals surface area contributed by atoms with Crippen LogP contribution in [0.25, 0.3) is 0 Å². The second-order valence-electron chi connectivity index (χ2n) is 5.18. The molecule has 4 heteroatoms. The zero-order valence-corrected chi connectivity index (χ0v) is 10.9. The normalized spacial score (nSPS) is 11.3. The number of aliphatic hydroxyl groups is 1. The first-order chi connectivity index (χ1) is 8.44. The summed E-state index contributed by atoms with van der Waals surface area (Å²) in [5.74, 6) is -0.686. The summed E-state index contributed by atoms with van der Waals surface area (Å²) in [4.78, 5) is 11.8. The number of rotatable bonds is 6. The molecule has 0 spiro atoms. The standard InChI is InChI=1S/C14H20FNO2/c1-14(2,7-4-8-17)10-16-13(18)11-5-3-6-12(15)9-11/h3,5-6,9,17H,4,7-8,10H2,1-2H3,(H,16,18). The van der Waals surface area contributed by atoms with Gasteiger partial charge in [-0.05, 0) is 36.5 Å². The smallest absolute Gasteiger partial charge is 0.251 e. The van der Waals surface area contributed by atoms with Crippen molar-refractivity contribution in [3.63, 3.8) is 0 Å². The second-order valence-corrected chi connectivity index (χ2v) is 5.18. The van der Waals surface area contributed by atoms with E-state index >= 15 is 0 Å². The van der Waals surface area contributed by atoms with Crippen molar-refractivity contribution in [1.29, 1.82) is 0 Å². The van der Waals surface area contributed by atoms with Crippen LogP contribution >= 0.6 is 0 Å². The summed E-state index contributed by atoms with van der Waals surface area (Å²) in [6, 6.07) is 5.62. The van der Waals surface area contributed by atoms with E-state index in [0.717, 1.165) is 6.42 Å². The van der Waals surface area contributed by atoms with E-state index in [9.17, 15) is 9.18 Å². The number of hydrogen-bond acceptors (Lipinski definition) is 2. The lowest BCUT2D eigenvalue weighted by molar-refractivity contribution is 0.0932. The molecule has 0 fully saturated rings. The van der Waals surface area contributed by atoms with E-state index in [4.69, 9.17) is 5.11 Å². The Hall–Kier alpha value is -1.42. The molecule has 0 unspecified atom stereocenters. The lowest BCUT2D eigenvalue weighted by Crippen LogP contribution is -2.34. The van der Waals surface area contributed by atoms with Gasteiger partial charge in [-0.2, -0.15) is 0 Å². The molecule has 0 aliphatic rings. The predicted octanol–water partition coefficient (Wildman–Crippen LogP) is 2.35. The molecule has 18 heavy (non-hydrogen) atoms. The minimum Gasteiger partial charge on any atom is -0.396 e. The predicted molar refractivity (Wildman–Crippen MR) is 68.8 cm³/mol. The molecule has 0 saturated carbocycles. The van der Waals surface area contributed by atoms with Gasteiger partial charge < -0.3 is 10.4 Å². The number of benzene rings is 1. The van der Waals surface area contributed by atoms with Crippen molar-refractivity contribution in [2.24, 2.45) is 5.41 Å².